The Morgan fingerprint density at radius 2 is 1.68 bits per heavy atom. The summed E-state index contributed by atoms with van der Waals surface area (Å²) in [5.74, 6) is 0. The second-order valence-electron chi connectivity index (χ2n) is 8.32. The lowest BCUT2D eigenvalue weighted by Gasteiger charge is -2.15. The van der Waals surface area contributed by atoms with Crippen LogP contribution in [0.4, 0.5) is 0 Å². The minimum atomic E-state index is -3.46. The normalized spacial score (nSPS) is 14.8. The molecular weight excluding hydrogens is 468 g/mol. The predicted molar refractivity (Wildman–Crippen MR) is 135 cm³/mol. The van der Waals surface area contributed by atoms with Gasteiger partial charge in [0.05, 0.1) is 16.2 Å². The molecule has 8 heteroatoms. The van der Waals surface area contributed by atoms with E-state index < -0.39 is 15.6 Å². The number of hydrogen-bond donors (Lipinski definition) is 0. The van der Waals surface area contributed by atoms with Crippen LogP contribution in [0.3, 0.4) is 0 Å². The Morgan fingerprint density at radius 3 is 2.47 bits per heavy atom. The van der Waals surface area contributed by atoms with E-state index in [2.05, 4.69) is 4.98 Å². The first-order valence-corrected chi connectivity index (χ1v) is 13.3. The molecule has 6 rings (SSSR count). The Hall–Kier alpha value is -3.33. The third-order valence-corrected chi connectivity index (χ3v) is 9.02. The molecule has 0 spiro atoms. The molecule has 5 aromatic rings. The molecular formula is C26H20N2O4S2. The molecule has 0 amide bonds. The molecule has 170 valence electrons. The number of nitrogens with zero attached hydrogens (tertiary/aromatic N) is 2. The zero-order valence-corrected chi connectivity index (χ0v) is 19.7. The molecule has 2 aromatic heterocycles. The summed E-state index contributed by atoms with van der Waals surface area (Å²) >= 11 is 1.36. The van der Waals surface area contributed by atoms with Gasteiger partial charge in [0.1, 0.15) is 10.6 Å². The van der Waals surface area contributed by atoms with Crippen molar-refractivity contribution in [2.24, 2.45) is 0 Å². The van der Waals surface area contributed by atoms with E-state index in [1.807, 2.05) is 47.8 Å². The fourth-order valence-electron chi connectivity index (χ4n) is 4.43. The molecule has 1 fully saturated rings. The van der Waals surface area contributed by atoms with E-state index in [1.54, 1.807) is 24.3 Å². The van der Waals surface area contributed by atoms with Gasteiger partial charge in [0, 0.05) is 29.4 Å². The first-order chi connectivity index (χ1) is 16.5. The van der Waals surface area contributed by atoms with Crippen molar-refractivity contribution in [2.45, 2.75) is 17.7 Å². The summed E-state index contributed by atoms with van der Waals surface area (Å²) in [6.07, 6.45) is 1.80. The molecule has 0 N–H and O–H groups in total. The maximum absolute atomic E-state index is 12.8. The number of benzene rings is 3. The van der Waals surface area contributed by atoms with Crippen LogP contribution in [0.25, 0.3) is 43.6 Å². The van der Waals surface area contributed by atoms with Gasteiger partial charge >= 0.3 is 5.63 Å². The van der Waals surface area contributed by atoms with Crippen molar-refractivity contribution in [3.05, 3.63) is 82.5 Å². The number of fused-ring (bicyclic) bond motifs is 3. The number of sulfonamides is 1. The summed E-state index contributed by atoms with van der Waals surface area (Å²) in [5.41, 5.74) is 1.99. The fraction of sp³-hybridized carbons (Fsp3) is 0.154. The second-order valence-corrected chi connectivity index (χ2v) is 11.1. The minimum absolute atomic E-state index is 0.288. The third kappa shape index (κ3) is 3.55. The second kappa shape index (κ2) is 8.16. The maximum Gasteiger partial charge on any atom is 0.346 e. The van der Waals surface area contributed by atoms with Crippen molar-refractivity contribution in [3.63, 3.8) is 0 Å². The smallest absolute Gasteiger partial charge is 0.346 e. The summed E-state index contributed by atoms with van der Waals surface area (Å²) in [4.78, 5) is 17.7. The van der Waals surface area contributed by atoms with E-state index in [0.29, 0.717) is 34.9 Å². The van der Waals surface area contributed by atoms with Crippen molar-refractivity contribution in [1.82, 2.24) is 9.29 Å². The van der Waals surface area contributed by atoms with Crippen molar-refractivity contribution in [3.8, 4) is 21.8 Å². The van der Waals surface area contributed by atoms with E-state index in [4.69, 9.17) is 4.42 Å². The number of rotatable bonds is 4. The highest BCUT2D eigenvalue weighted by molar-refractivity contribution is 7.89. The monoisotopic (exact) mass is 488 g/mol. The lowest BCUT2D eigenvalue weighted by atomic mass is 10.0. The average molecular weight is 489 g/mol. The van der Waals surface area contributed by atoms with Crippen LogP contribution in [-0.2, 0) is 10.0 Å². The SMILES string of the molecule is O=c1oc2ccc3ccccc3c2cc1-c1nc(-c2ccc(S(=O)(=O)N3CCCC3)cc2)cs1. The topological polar surface area (TPSA) is 80.5 Å². The van der Waals surface area contributed by atoms with Gasteiger partial charge in [0.15, 0.2) is 0 Å². The predicted octanol–water partition coefficient (Wildman–Crippen LogP) is 5.52. The van der Waals surface area contributed by atoms with Crippen LogP contribution in [0.1, 0.15) is 12.8 Å². The zero-order chi connectivity index (χ0) is 23.3. The van der Waals surface area contributed by atoms with Gasteiger partial charge in [-0.15, -0.1) is 11.3 Å². The van der Waals surface area contributed by atoms with E-state index in [-0.39, 0.29) is 4.90 Å². The third-order valence-electron chi connectivity index (χ3n) is 6.23. The highest BCUT2D eigenvalue weighted by atomic mass is 32.2. The molecule has 1 aliphatic heterocycles. The van der Waals surface area contributed by atoms with Gasteiger partial charge in [-0.3, -0.25) is 0 Å². The molecule has 34 heavy (non-hydrogen) atoms. The molecule has 6 nitrogen and oxygen atoms in total. The Kier molecular flexibility index (Phi) is 5.09. The minimum Gasteiger partial charge on any atom is -0.422 e. The molecule has 0 radical (unpaired) electrons. The Labute approximate surface area is 200 Å². The molecule has 1 aliphatic rings. The molecule has 1 saturated heterocycles. The largest absolute Gasteiger partial charge is 0.422 e. The first-order valence-electron chi connectivity index (χ1n) is 11.0. The standard InChI is InChI=1S/C26H20N2O4S2/c29-26-22(15-21-20-6-2-1-5-17(20)9-12-24(21)32-26)25-27-23(16-33-25)18-7-10-19(11-8-18)34(30,31)28-13-3-4-14-28/h1-2,5-12,15-16H,3-4,13-14H2. The lowest BCUT2D eigenvalue weighted by molar-refractivity contribution is 0.477. The Bertz CT molecular complexity index is 1700. The van der Waals surface area contributed by atoms with Crippen molar-refractivity contribution in [2.75, 3.05) is 13.1 Å². The van der Waals surface area contributed by atoms with Crippen molar-refractivity contribution < 1.29 is 12.8 Å². The first kappa shape index (κ1) is 21.2. The van der Waals surface area contributed by atoms with Gasteiger partial charge in [0.2, 0.25) is 10.0 Å². The molecule has 0 bridgehead atoms. The van der Waals surface area contributed by atoms with Gasteiger partial charge in [-0.25, -0.2) is 18.2 Å². The lowest BCUT2D eigenvalue weighted by Crippen LogP contribution is -2.27. The molecule has 0 aliphatic carbocycles. The zero-order valence-electron chi connectivity index (χ0n) is 18.1. The van der Waals surface area contributed by atoms with Gasteiger partial charge in [-0.2, -0.15) is 4.31 Å². The van der Waals surface area contributed by atoms with Gasteiger partial charge in [-0.1, -0.05) is 42.5 Å². The van der Waals surface area contributed by atoms with Crippen molar-refractivity contribution in [1.29, 1.82) is 0 Å². The average Bonchev–Trinajstić information content (AvgIpc) is 3.57. The van der Waals surface area contributed by atoms with Crippen LogP contribution in [0.15, 0.2) is 86.2 Å². The Balaban J connectivity index is 1.36. The fourth-order valence-corrected chi connectivity index (χ4v) is 6.78. The maximum atomic E-state index is 12.8. The van der Waals surface area contributed by atoms with E-state index in [1.165, 1.54) is 15.6 Å². The van der Waals surface area contributed by atoms with Crippen LogP contribution in [-0.4, -0.2) is 30.8 Å². The number of aromatic nitrogens is 1. The van der Waals surface area contributed by atoms with Gasteiger partial charge in [-0.05, 0) is 47.9 Å². The van der Waals surface area contributed by atoms with E-state index >= 15 is 0 Å². The molecule has 0 atom stereocenters. The van der Waals surface area contributed by atoms with Crippen LogP contribution in [0, 0.1) is 0 Å². The number of thiazole rings is 1. The molecule has 0 saturated carbocycles. The van der Waals surface area contributed by atoms with Crippen LogP contribution in [0.2, 0.25) is 0 Å². The van der Waals surface area contributed by atoms with Crippen LogP contribution >= 0.6 is 11.3 Å². The van der Waals surface area contributed by atoms with Crippen LogP contribution < -0.4 is 5.63 Å². The van der Waals surface area contributed by atoms with Crippen molar-refractivity contribution >= 4 is 43.1 Å². The van der Waals surface area contributed by atoms with E-state index in [9.17, 15) is 13.2 Å². The summed E-state index contributed by atoms with van der Waals surface area (Å²) in [7, 11) is -3.46. The summed E-state index contributed by atoms with van der Waals surface area (Å²) in [6.45, 7) is 1.15. The van der Waals surface area contributed by atoms with E-state index in [0.717, 1.165) is 34.6 Å². The number of hydrogen-bond acceptors (Lipinski definition) is 6. The highest BCUT2D eigenvalue weighted by Gasteiger charge is 2.27. The molecule has 3 aromatic carbocycles. The van der Waals surface area contributed by atoms with Gasteiger partial charge in [0.25, 0.3) is 0 Å². The highest BCUT2D eigenvalue weighted by Crippen LogP contribution is 2.32. The summed E-state index contributed by atoms with van der Waals surface area (Å²) in [6, 6.07) is 20.3. The Morgan fingerprint density at radius 1 is 0.912 bits per heavy atom. The summed E-state index contributed by atoms with van der Waals surface area (Å²) < 4.78 is 32.7. The molecule has 3 heterocycles. The van der Waals surface area contributed by atoms with Gasteiger partial charge < -0.3 is 4.42 Å². The molecule has 0 unspecified atom stereocenters. The van der Waals surface area contributed by atoms with Crippen LogP contribution in [0.5, 0.6) is 0 Å². The quantitative estimate of drug-likeness (QED) is 0.246. The summed E-state index contributed by atoms with van der Waals surface area (Å²) in [5, 5.41) is 5.37.